The van der Waals surface area contributed by atoms with Crippen LogP contribution in [0.2, 0.25) is 0 Å². The second-order valence-corrected chi connectivity index (χ2v) is 6.03. The zero-order valence-electron chi connectivity index (χ0n) is 15.8. The van der Waals surface area contributed by atoms with Gasteiger partial charge in [0, 0.05) is 6.54 Å². The Kier molecular flexibility index (Phi) is 13.5. The van der Waals surface area contributed by atoms with Crippen LogP contribution >= 0.6 is 0 Å². The predicted octanol–water partition coefficient (Wildman–Crippen LogP) is 4.89. The van der Waals surface area contributed by atoms with E-state index >= 15 is 0 Å². The lowest BCUT2D eigenvalue weighted by Gasteiger charge is -2.37. The molecule has 2 aliphatic heterocycles. The fraction of sp³-hybridized carbons (Fsp3) is 1.00. The molecule has 0 atom stereocenters. The van der Waals surface area contributed by atoms with Gasteiger partial charge < -0.3 is 9.80 Å². The van der Waals surface area contributed by atoms with Crippen molar-refractivity contribution in [1.29, 1.82) is 0 Å². The van der Waals surface area contributed by atoms with Crippen LogP contribution in [0.4, 0.5) is 0 Å². The minimum Gasteiger partial charge on any atom is -0.304 e. The molecule has 0 aromatic carbocycles. The molecule has 2 heterocycles. The first-order valence-corrected chi connectivity index (χ1v) is 9.76. The lowest BCUT2D eigenvalue weighted by molar-refractivity contribution is 0.119. The lowest BCUT2D eigenvalue weighted by Crippen LogP contribution is -2.41. The second kappa shape index (κ2) is 13.6. The summed E-state index contributed by atoms with van der Waals surface area (Å²) in [6.07, 6.45) is 7.15. The van der Waals surface area contributed by atoms with Gasteiger partial charge in [0.1, 0.15) is 0 Å². The highest BCUT2D eigenvalue weighted by Gasteiger charge is 2.23. The first-order valence-electron chi connectivity index (χ1n) is 9.76. The Morgan fingerprint density at radius 3 is 1.52 bits per heavy atom. The molecule has 0 spiro atoms. The van der Waals surface area contributed by atoms with Crippen molar-refractivity contribution >= 4 is 0 Å². The summed E-state index contributed by atoms with van der Waals surface area (Å²) in [6, 6.07) is 0. The van der Waals surface area contributed by atoms with Crippen LogP contribution in [0.25, 0.3) is 0 Å². The van der Waals surface area contributed by atoms with Crippen LogP contribution < -0.4 is 0 Å². The molecule has 0 aromatic rings. The van der Waals surface area contributed by atoms with Gasteiger partial charge in [0.05, 0.1) is 0 Å². The van der Waals surface area contributed by atoms with E-state index in [4.69, 9.17) is 0 Å². The molecular weight excluding hydrogens is 256 g/mol. The zero-order valence-corrected chi connectivity index (χ0v) is 15.8. The lowest BCUT2D eigenvalue weighted by atomic mass is 9.91. The van der Waals surface area contributed by atoms with Crippen LogP contribution in [0.3, 0.4) is 0 Å². The molecule has 0 aliphatic carbocycles. The molecule has 2 aliphatic rings. The Morgan fingerprint density at radius 2 is 1.10 bits per heavy atom. The van der Waals surface area contributed by atoms with Gasteiger partial charge in [0.15, 0.2) is 0 Å². The normalized spacial score (nSPS) is 22.0. The summed E-state index contributed by atoms with van der Waals surface area (Å²) >= 11 is 0. The van der Waals surface area contributed by atoms with Gasteiger partial charge in [0.2, 0.25) is 0 Å². The third kappa shape index (κ3) is 8.21. The second-order valence-electron chi connectivity index (χ2n) is 6.03. The number of rotatable bonds is 4. The van der Waals surface area contributed by atoms with E-state index in [1.54, 1.807) is 0 Å². The maximum absolute atomic E-state index is 2.73. The summed E-state index contributed by atoms with van der Waals surface area (Å²) in [5, 5.41) is 0. The number of nitrogens with zero attached hydrogens (tertiary/aromatic N) is 2. The Hall–Kier alpha value is -0.0800. The van der Waals surface area contributed by atoms with Crippen molar-refractivity contribution in [1.82, 2.24) is 9.80 Å². The molecule has 21 heavy (non-hydrogen) atoms. The number of likely N-dealkylation sites (tertiary alicyclic amines) is 2. The molecule has 2 saturated heterocycles. The summed E-state index contributed by atoms with van der Waals surface area (Å²) in [7, 11) is 0. The highest BCUT2D eigenvalue weighted by molar-refractivity contribution is 4.77. The van der Waals surface area contributed by atoms with Crippen LogP contribution in [0.15, 0.2) is 0 Å². The quantitative estimate of drug-likeness (QED) is 0.729. The Balaban J connectivity index is 0.000000921. The SMILES string of the molecule is CC.CC.CCC1CCN(CC2CCN(CC)CC2)CC1. The molecule has 0 unspecified atom stereocenters. The van der Waals surface area contributed by atoms with Gasteiger partial charge in [0.25, 0.3) is 0 Å². The summed E-state index contributed by atoms with van der Waals surface area (Å²) in [4.78, 5) is 5.33. The maximum Gasteiger partial charge on any atom is 0.00106 e. The number of piperidine rings is 2. The van der Waals surface area contributed by atoms with Crippen molar-refractivity contribution in [3.8, 4) is 0 Å². The number of hydrogen-bond donors (Lipinski definition) is 0. The molecule has 0 aromatic heterocycles. The minimum atomic E-state index is 0.982. The topological polar surface area (TPSA) is 6.48 Å². The highest BCUT2D eigenvalue weighted by atomic mass is 15.1. The smallest absolute Gasteiger partial charge is 0.00106 e. The Labute approximate surface area is 135 Å². The molecule has 128 valence electrons. The van der Waals surface area contributed by atoms with Gasteiger partial charge in [-0.25, -0.2) is 0 Å². The Morgan fingerprint density at radius 1 is 0.667 bits per heavy atom. The fourth-order valence-electron chi connectivity index (χ4n) is 3.43. The van der Waals surface area contributed by atoms with Gasteiger partial charge in [-0.05, 0) is 70.2 Å². The van der Waals surface area contributed by atoms with Crippen LogP contribution in [-0.2, 0) is 0 Å². The maximum atomic E-state index is 2.73. The number of hydrogen-bond acceptors (Lipinski definition) is 2. The van der Waals surface area contributed by atoms with E-state index < -0.39 is 0 Å². The van der Waals surface area contributed by atoms with Crippen molar-refractivity contribution < 1.29 is 0 Å². The summed E-state index contributed by atoms with van der Waals surface area (Å²) < 4.78 is 0. The first kappa shape index (κ1) is 20.9. The van der Waals surface area contributed by atoms with E-state index in [1.807, 2.05) is 27.7 Å². The third-order valence-corrected chi connectivity index (χ3v) is 4.96. The first-order chi connectivity index (χ1) is 10.3. The fourth-order valence-corrected chi connectivity index (χ4v) is 3.43. The molecule has 0 radical (unpaired) electrons. The van der Waals surface area contributed by atoms with Gasteiger partial charge >= 0.3 is 0 Å². The van der Waals surface area contributed by atoms with Crippen molar-refractivity contribution in [2.75, 3.05) is 39.3 Å². The largest absolute Gasteiger partial charge is 0.304 e. The van der Waals surface area contributed by atoms with Crippen molar-refractivity contribution in [3.05, 3.63) is 0 Å². The van der Waals surface area contributed by atoms with Gasteiger partial charge in [-0.1, -0.05) is 48.0 Å². The summed E-state index contributed by atoms with van der Waals surface area (Å²) in [6.45, 7) is 20.7. The van der Waals surface area contributed by atoms with Crippen LogP contribution in [0, 0.1) is 11.8 Å². The summed E-state index contributed by atoms with van der Waals surface area (Å²) in [5.74, 6) is 2.00. The molecule has 2 heteroatoms. The molecule has 0 bridgehead atoms. The van der Waals surface area contributed by atoms with Crippen molar-refractivity contribution in [2.24, 2.45) is 11.8 Å². The molecule has 0 amide bonds. The van der Waals surface area contributed by atoms with E-state index in [0.717, 1.165) is 11.8 Å². The average molecular weight is 299 g/mol. The van der Waals surface area contributed by atoms with E-state index in [-0.39, 0.29) is 0 Å². The monoisotopic (exact) mass is 298 g/mol. The van der Waals surface area contributed by atoms with Gasteiger partial charge in [-0.2, -0.15) is 0 Å². The zero-order chi connectivity index (χ0) is 16.1. The predicted molar refractivity (Wildman–Crippen MR) is 97.0 cm³/mol. The van der Waals surface area contributed by atoms with Crippen molar-refractivity contribution in [2.45, 2.75) is 73.6 Å². The third-order valence-electron chi connectivity index (χ3n) is 4.96. The van der Waals surface area contributed by atoms with Gasteiger partial charge in [-0.3, -0.25) is 0 Å². The summed E-state index contributed by atoms with van der Waals surface area (Å²) in [5.41, 5.74) is 0. The van der Waals surface area contributed by atoms with E-state index in [9.17, 15) is 0 Å². The van der Waals surface area contributed by atoms with Crippen LogP contribution in [0.5, 0.6) is 0 Å². The molecule has 2 fully saturated rings. The molecular formula is C19H42N2. The molecule has 2 rings (SSSR count). The van der Waals surface area contributed by atoms with E-state index in [2.05, 4.69) is 23.6 Å². The van der Waals surface area contributed by atoms with E-state index in [0.29, 0.717) is 0 Å². The highest BCUT2D eigenvalue weighted by Crippen LogP contribution is 2.23. The van der Waals surface area contributed by atoms with Crippen LogP contribution in [0.1, 0.15) is 73.6 Å². The minimum absolute atomic E-state index is 0.982. The van der Waals surface area contributed by atoms with Gasteiger partial charge in [-0.15, -0.1) is 0 Å². The van der Waals surface area contributed by atoms with E-state index in [1.165, 1.54) is 71.4 Å². The molecule has 2 nitrogen and oxygen atoms in total. The van der Waals surface area contributed by atoms with Crippen molar-refractivity contribution in [3.63, 3.8) is 0 Å². The molecule has 0 saturated carbocycles. The standard InChI is InChI=1S/C15H30N2.2C2H6/c1-3-14-5-11-17(12-6-14)13-15-7-9-16(4-2)10-8-15;2*1-2/h14-15H,3-13H2,1-2H3;2*1-2H3. The van der Waals surface area contributed by atoms with Crippen LogP contribution in [-0.4, -0.2) is 49.1 Å². The average Bonchev–Trinajstić information content (AvgIpc) is 2.60. The Bertz CT molecular complexity index is 180. The molecule has 0 N–H and O–H groups in total.